The molecule has 0 saturated carbocycles. The van der Waals surface area contributed by atoms with E-state index in [0.29, 0.717) is 5.11 Å². The molecule has 0 aliphatic heterocycles. The molecule has 1 amide bonds. The largest absolute Gasteiger partial charge is 0.362 e. The van der Waals surface area contributed by atoms with E-state index in [4.69, 9.17) is 12.2 Å². The lowest BCUT2D eigenvalue weighted by atomic mass is 10.2. The highest BCUT2D eigenvalue weighted by atomic mass is 32.1. The van der Waals surface area contributed by atoms with Crippen molar-refractivity contribution in [1.82, 2.24) is 10.6 Å². The molecule has 4 heteroatoms. The lowest BCUT2D eigenvalue weighted by Gasteiger charge is -2.06. The number of hydrogen-bond donors (Lipinski definition) is 2. The van der Waals surface area contributed by atoms with Crippen molar-refractivity contribution in [3.63, 3.8) is 0 Å². The standard InChI is InChI=1S/C14H18N2OS/c1-2-3-11-15-14(18)16-13(17)10-9-12-7-5-4-6-8-12/h4-10H,2-3,11H2,1H3,(H2,15,16,17,18)/b10-9+. The Balaban J connectivity index is 2.33. The van der Waals surface area contributed by atoms with Crippen molar-refractivity contribution in [2.24, 2.45) is 0 Å². The normalized spacial score (nSPS) is 10.3. The summed E-state index contributed by atoms with van der Waals surface area (Å²) >= 11 is 5.00. The highest BCUT2D eigenvalue weighted by Gasteiger charge is 1.99. The predicted molar refractivity (Wildman–Crippen MR) is 79.1 cm³/mol. The first kappa shape index (κ1) is 14.4. The maximum absolute atomic E-state index is 11.5. The van der Waals surface area contributed by atoms with Crippen molar-refractivity contribution in [3.8, 4) is 0 Å². The zero-order chi connectivity index (χ0) is 13.2. The highest BCUT2D eigenvalue weighted by Crippen LogP contribution is 2.00. The van der Waals surface area contributed by atoms with Crippen LogP contribution in [-0.2, 0) is 4.79 Å². The Morgan fingerprint density at radius 1 is 1.33 bits per heavy atom. The number of benzene rings is 1. The lowest BCUT2D eigenvalue weighted by Crippen LogP contribution is -2.38. The maximum atomic E-state index is 11.5. The van der Waals surface area contributed by atoms with Gasteiger partial charge in [-0.05, 0) is 30.3 Å². The van der Waals surface area contributed by atoms with Gasteiger partial charge in [0, 0.05) is 12.6 Å². The lowest BCUT2D eigenvalue weighted by molar-refractivity contribution is -0.115. The predicted octanol–water partition coefficient (Wildman–Crippen LogP) is 2.49. The summed E-state index contributed by atoms with van der Waals surface area (Å²) in [6, 6.07) is 9.65. The molecule has 0 bridgehead atoms. The molecule has 0 fully saturated rings. The molecule has 0 aromatic heterocycles. The van der Waals surface area contributed by atoms with Crippen LogP contribution in [0.25, 0.3) is 6.08 Å². The van der Waals surface area contributed by atoms with Crippen LogP contribution in [0, 0.1) is 0 Å². The summed E-state index contributed by atoms with van der Waals surface area (Å²) in [6.07, 6.45) is 5.36. The third-order valence-electron chi connectivity index (χ3n) is 2.28. The van der Waals surface area contributed by atoms with Gasteiger partial charge in [-0.25, -0.2) is 0 Å². The van der Waals surface area contributed by atoms with Gasteiger partial charge in [-0.1, -0.05) is 43.7 Å². The van der Waals surface area contributed by atoms with Crippen LogP contribution in [0.4, 0.5) is 0 Å². The first-order valence-electron chi connectivity index (χ1n) is 6.04. The molecule has 1 aromatic carbocycles. The molecule has 0 saturated heterocycles. The van der Waals surface area contributed by atoms with Crippen molar-refractivity contribution in [3.05, 3.63) is 42.0 Å². The van der Waals surface area contributed by atoms with Gasteiger partial charge >= 0.3 is 0 Å². The van der Waals surface area contributed by atoms with Crippen LogP contribution < -0.4 is 10.6 Å². The number of rotatable bonds is 5. The zero-order valence-corrected chi connectivity index (χ0v) is 11.3. The van der Waals surface area contributed by atoms with Crippen LogP contribution in [0.2, 0.25) is 0 Å². The quantitative estimate of drug-likeness (QED) is 0.486. The van der Waals surface area contributed by atoms with E-state index in [0.717, 1.165) is 24.9 Å². The van der Waals surface area contributed by atoms with Crippen LogP contribution >= 0.6 is 12.2 Å². The topological polar surface area (TPSA) is 41.1 Å². The van der Waals surface area contributed by atoms with Crippen LogP contribution in [-0.4, -0.2) is 17.6 Å². The minimum Gasteiger partial charge on any atom is -0.362 e. The van der Waals surface area contributed by atoms with E-state index < -0.39 is 0 Å². The average molecular weight is 262 g/mol. The molecule has 1 aromatic rings. The summed E-state index contributed by atoms with van der Waals surface area (Å²) < 4.78 is 0. The van der Waals surface area contributed by atoms with Crippen LogP contribution in [0.15, 0.2) is 36.4 Å². The van der Waals surface area contributed by atoms with Gasteiger partial charge in [0.25, 0.3) is 0 Å². The van der Waals surface area contributed by atoms with E-state index >= 15 is 0 Å². The average Bonchev–Trinajstić information content (AvgIpc) is 2.38. The summed E-state index contributed by atoms with van der Waals surface area (Å²) in [5.41, 5.74) is 0.984. The summed E-state index contributed by atoms with van der Waals surface area (Å²) in [5, 5.41) is 5.96. The van der Waals surface area contributed by atoms with Crippen molar-refractivity contribution >= 4 is 29.3 Å². The van der Waals surface area contributed by atoms with Crippen molar-refractivity contribution in [1.29, 1.82) is 0 Å². The molecule has 2 N–H and O–H groups in total. The molecular formula is C14H18N2OS. The first-order valence-corrected chi connectivity index (χ1v) is 6.45. The molecule has 0 aliphatic rings. The minimum absolute atomic E-state index is 0.215. The molecule has 0 aliphatic carbocycles. The molecule has 3 nitrogen and oxygen atoms in total. The SMILES string of the molecule is CCCCNC(=S)NC(=O)/C=C/c1ccccc1. The van der Waals surface area contributed by atoms with Crippen molar-refractivity contribution in [2.75, 3.05) is 6.54 Å². The molecule has 1 rings (SSSR count). The summed E-state index contributed by atoms with van der Waals surface area (Å²) in [7, 11) is 0. The molecular weight excluding hydrogens is 244 g/mol. The van der Waals surface area contributed by atoms with E-state index in [1.807, 2.05) is 30.3 Å². The van der Waals surface area contributed by atoms with Crippen LogP contribution in [0.1, 0.15) is 25.3 Å². The van der Waals surface area contributed by atoms with Crippen molar-refractivity contribution in [2.45, 2.75) is 19.8 Å². The molecule has 0 unspecified atom stereocenters. The van der Waals surface area contributed by atoms with Gasteiger partial charge in [-0.15, -0.1) is 0 Å². The van der Waals surface area contributed by atoms with Crippen LogP contribution in [0.5, 0.6) is 0 Å². The second-order valence-electron chi connectivity index (χ2n) is 3.84. The second kappa shape index (κ2) is 8.42. The molecule has 18 heavy (non-hydrogen) atoms. The number of unbranched alkanes of at least 4 members (excludes halogenated alkanes) is 1. The van der Waals surface area contributed by atoms with Gasteiger partial charge in [0.05, 0.1) is 0 Å². The molecule has 0 radical (unpaired) electrons. The van der Waals surface area contributed by atoms with Crippen LogP contribution in [0.3, 0.4) is 0 Å². The number of thiocarbonyl (C=S) groups is 1. The molecule has 0 heterocycles. The monoisotopic (exact) mass is 262 g/mol. The Hall–Kier alpha value is -1.68. The Morgan fingerprint density at radius 3 is 2.72 bits per heavy atom. The number of amides is 1. The molecule has 0 spiro atoms. The molecule has 0 atom stereocenters. The Labute approximate surface area is 113 Å². The summed E-state index contributed by atoms with van der Waals surface area (Å²) in [5.74, 6) is -0.215. The van der Waals surface area contributed by atoms with Gasteiger partial charge in [0.1, 0.15) is 0 Å². The number of nitrogens with one attached hydrogen (secondary N) is 2. The smallest absolute Gasteiger partial charge is 0.250 e. The van der Waals surface area contributed by atoms with E-state index in [1.165, 1.54) is 6.08 Å². The van der Waals surface area contributed by atoms with Gasteiger partial charge in [-0.2, -0.15) is 0 Å². The Morgan fingerprint density at radius 2 is 2.06 bits per heavy atom. The van der Waals surface area contributed by atoms with Gasteiger partial charge < -0.3 is 5.32 Å². The van der Waals surface area contributed by atoms with Gasteiger partial charge in [0.15, 0.2) is 5.11 Å². The maximum Gasteiger partial charge on any atom is 0.250 e. The van der Waals surface area contributed by atoms with Gasteiger partial charge in [-0.3, -0.25) is 10.1 Å². The third-order valence-corrected chi connectivity index (χ3v) is 2.53. The van der Waals surface area contributed by atoms with E-state index in [1.54, 1.807) is 6.08 Å². The van der Waals surface area contributed by atoms with E-state index in [9.17, 15) is 4.79 Å². The fraction of sp³-hybridized carbons (Fsp3) is 0.286. The summed E-state index contributed by atoms with van der Waals surface area (Å²) in [6.45, 7) is 2.89. The zero-order valence-electron chi connectivity index (χ0n) is 10.5. The highest BCUT2D eigenvalue weighted by molar-refractivity contribution is 7.80. The molecule has 96 valence electrons. The van der Waals surface area contributed by atoms with Gasteiger partial charge in [0.2, 0.25) is 5.91 Å². The third kappa shape index (κ3) is 6.15. The van der Waals surface area contributed by atoms with E-state index in [-0.39, 0.29) is 5.91 Å². The number of hydrogen-bond acceptors (Lipinski definition) is 2. The number of carbonyl (C=O) groups excluding carboxylic acids is 1. The summed E-state index contributed by atoms with van der Waals surface area (Å²) in [4.78, 5) is 11.5. The first-order chi connectivity index (χ1) is 8.72. The Bertz CT molecular complexity index is 415. The second-order valence-corrected chi connectivity index (χ2v) is 4.25. The Kier molecular flexibility index (Phi) is 6.72. The van der Waals surface area contributed by atoms with Crippen molar-refractivity contribution < 1.29 is 4.79 Å². The number of carbonyl (C=O) groups is 1. The fourth-order valence-corrected chi connectivity index (χ4v) is 1.52. The fourth-order valence-electron chi connectivity index (χ4n) is 1.31. The van der Waals surface area contributed by atoms with E-state index in [2.05, 4.69) is 17.6 Å². The minimum atomic E-state index is -0.215.